The number of carbonyl (C=O) groups is 1. The topological polar surface area (TPSA) is 38.3 Å². The molecule has 100 valence electrons. The lowest BCUT2D eigenvalue weighted by molar-refractivity contribution is -0.274. The van der Waals surface area contributed by atoms with Crippen molar-refractivity contribution in [2.45, 2.75) is 26.3 Å². The van der Waals surface area contributed by atoms with E-state index in [1.165, 1.54) is 6.07 Å². The minimum atomic E-state index is -4.79. The van der Waals surface area contributed by atoms with Gasteiger partial charge in [-0.05, 0) is 32.0 Å². The zero-order valence-corrected chi connectivity index (χ0v) is 11.2. The Morgan fingerprint density at radius 2 is 1.94 bits per heavy atom. The number of rotatable bonds is 3. The summed E-state index contributed by atoms with van der Waals surface area (Å²) in [6, 6.07) is 3.49. The van der Waals surface area contributed by atoms with E-state index in [0.717, 1.165) is 12.1 Å². The molecule has 18 heavy (non-hydrogen) atoms. The van der Waals surface area contributed by atoms with Gasteiger partial charge in [-0.25, -0.2) is 0 Å². The molecule has 0 heterocycles. The van der Waals surface area contributed by atoms with Crippen LogP contribution in [0.25, 0.3) is 0 Å². The lowest BCUT2D eigenvalue weighted by Gasteiger charge is -2.12. The molecule has 0 aliphatic carbocycles. The summed E-state index contributed by atoms with van der Waals surface area (Å²) in [6.45, 7) is 3.51. The van der Waals surface area contributed by atoms with Crippen LogP contribution in [-0.2, 0) is 0 Å². The number of carbonyl (C=O) groups excluding carboxylic acids is 1. The molecule has 1 aromatic rings. The van der Waals surface area contributed by atoms with Gasteiger partial charge in [0.05, 0.1) is 0 Å². The Kier molecular flexibility index (Phi) is 4.61. The summed E-state index contributed by atoms with van der Waals surface area (Å²) < 4.78 is 40.3. The molecule has 0 radical (unpaired) electrons. The van der Waals surface area contributed by atoms with Crippen LogP contribution in [0.4, 0.5) is 13.2 Å². The Morgan fingerprint density at radius 3 is 2.44 bits per heavy atom. The van der Waals surface area contributed by atoms with Gasteiger partial charge in [0.25, 0.3) is 5.91 Å². The minimum absolute atomic E-state index is 0.0947. The average Bonchev–Trinajstić information content (AvgIpc) is 2.12. The Balaban J connectivity index is 2.97. The van der Waals surface area contributed by atoms with E-state index in [4.69, 9.17) is 0 Å². The molecule has 0 saturated carbocycles. The number of nitrogens with one attached hydrogen (secondary N) is 1. The number of alkyl halides is 3. The smallest absolute Gasteiger partial charge is 0.406 e. The molecule has 3 nitrogen and oxygen atoms in total. The molecular formula is C11H11BrF3NO2. The Labute approximate surface area is 110 Å². The summed E-state index contributed by atoms with van der Waals surface area (Å²) in [6.07, 6.45) is -4.79. The van der Waals surface area contributed by atoms with Gasteiger partial charge in [-0.2, -0.15) is 0 Å². The molecule has 0 bridgehead atoms. The zero-order chi connectivity index (χ0) is 13.9. The number of hydrogen-bond acceptors (Lipinski definition) is 2. The van der Waals surface area contributed by atoms with Gasteiger partial charge in [-0.3, -0.25) is 4.79 Å². The molecule has 0 unspecified atom stereocenters. The largest absolute Gasteiger partial charge is 0.573 e. The van der Waals surface area contributed by atoms with Gasteiger partial charge >= 0.3 is 6.36 Å². The summed E-state index contributed by atoms with van der Waals surface area (Å²) in [7, 11) is 0. The lowest BCUT2D eigenvalue weighted by Crippen LogP contribution is -2.30. The van der Waals surface area contributed by atoms with Gasteiger partial charge in [-0.15, -0.1) is 13.2 Å². The minimum Gasteiger partial charge on any atom is -0.406 e. The predicted octanol–water partition coefficient (Wildman–Crippen LogP) is 3.49. The second kappa shape index (κ2) is 5.60. The maximum Gasteiger partial charge on any atom is 0.573 e. The molecule has 1 aromatic carbocycles. The van der Waals surface area contributed by atoms with E-state index in [2.05, 4.69) is 26.0 Å². The molecule has 0 atom stereocenters. The van der Waals surface area contributed by atoms with Crippen molar-refractivity contribution in [2.24, 2.45) is 0 Å². The molecule has 0 aromatic heterocycles. The highest BCUT2D eigenvalue weighted by atomic mass is 79.9. The quantitative estimate of drug-likeness (QED) is 0.923. The molecule has 0 fully saturated rings. The third-order valence-corrected chi connectivity index (χ3v) is 2.24. The molecular weight excluding hydrogens is 315 g/mol. The zero-order valence-electron chi connectivity index (χ0n) is 9.64. The van der Waals surface area contributed by atoms with E-state index in [-0.39, 0.29) is 11.6 Å². The van der Waals surface area contributed by atoms with Crippen molar-refractivity contribution >= 4 is 21.8 Å². The molecule has 0 saturated heterocycles. The van der Waals surface area contributed by atoms with E-state index in [1.807, 2.05) is 0 Å². The van der Waals surface area contributed by atoms with Crippen LogP contribution in [0.3, 0.4) is 0 Å². The number of benzene rings is 1. The third kappa shape index (κ3) is 4.95. The molecule has 0 aliphatic heterocycles. The van der Waals surface area contributed by atoms with E-state index in [1.54, 1.807) is 13.8 Å². The van der Waals surface area contributed by atoms with Crippen LogP contribution in [-0.4, -0.2) is 18.3 Å². The highest BCUT2D eigenvalue weighted by Crippen LogP contribution is 2.27. The summed E-state index contributed by atoms with van der Waals surface area (Å²) in [4.78, 5) is 11.7. The van der Waals surface area contributed by atoms with Crippen LogP contribution in [0.15, 0.2) is 22.7 Å². The normalized spacial score (nSPS) is 11.5. The maximum absolute atomic E-state index is 12.1. The highest BCUT2D eigenvalue weighted by molar-refractivity contribution is 9.10. The molecule has 0 aliphatic rings. The van der Waals surface area contributed by atoms with Gasteiger partial charge < -0.3 is 10.1 Å². The highest BCUT2D eigenvalue weighted by Gasteiger charge is 2.31. The first kappa shape index (κ1) is 14.8. The Bertz CT molecular complexity index is 446. The number of amides is 1. The summed E-state index contributed by atoms with van der Waals surface area (Å²) in [5, 5.41) is 2.58. The van der Waals surface area contributed by atoms with E-state index in [9.17, 15) is 18.0 Å². The predicted molar refractivity (Wildman–Crippen MR) is 63.4 cm³/mol. The van der Waals surface area contributed by atoms with Crippen molar-refractivity contribution in [3.05, 3.63) is 28.2 Å². The van der Waals surface area contributed by atoms with Gasteiger partial charge in [0.15, 0.2) is 0 Å². The van der Waals surface area contributed by atoms with E-state index in [0.29, 0.717) is 4.47 Å². The Hall–Kier alpha value is -1.24. The summed E-state index contributed by atoms with van der Waals surface area (Å²) in [5.41, 5.74) is 0.0947. The molecule has 1 N–H and O–H groups in total. The van der Waals surface area contributed by atoms with Crippen molar-refractivity contribution in [1.29, 1.82) is 0 Å². The van der Waals surface area contributed by atoms with Gasteiger partial charge in [0.2, 0.25) is 0 Å². The number of ether oxygens (including phenoxy) is 1. The van der Waals surface area contributed by atoms with Crippen LogP contribution < -0.4 is 10.1 Å². The second-order valence-corrected chi connectivity index (χ2v) is 4.77. The lowest BCUT2D eigenvalue weighted by atomic mass is 10.2. The summed E-state index contributed by atoms with van der Waals surface area (Å²) >= 11 is 3.03. The first-order chi connectivity index (χ1) is 8.17. The summed E-state index contributed by atoms with van der Waals surface area (Å²) in [5.74, 6) is -0.899. The van der Waals surface area contributed by atoms with Crippen molar-refractivity contribution in [3.63, 3.8) is 0 Å². The van der Waals surface area contributed by atoms with Crippen LogP contribution >= 0.6 is 15.9 Å². The maximum atomic E-state index is 12.1. The monoisotopic (exact) mass is 325 g/mol. The first-order valence-electron chi connectivity index (χ1n) is 5.04. The van der Waals surface area contributed by atoms with Crippen LogP contribution in [0, 0.1) is 0 Å². The Morgan fingerprint density at radius 1 is 1.33 bits per heavy atom. The van der Waals surface area contributed by atoms with Gasteiger partial charge in [0, 0.05) is 16.1 Å². The van der Waals surface area contributed by atoms with Gasteiger partial charge in [0.1, 0.15) is 5.75 Å². The molecule has 1 amide bonds. The molecule has 1 rings (SSSR count). The fourth-order valence-corrected chi connectivity index (χ4v) is 1.70. The SMILES string of the molecule is CC(C)NC(=O)c1cc(Br)cc(OC(F)(F)F)c1. The first-order valence-corrected chi connectivity index (χ1v) is 5.84. The van der Waals surface area contributed by atoms with Crippen molar-refractivity contribution in [1.82, 2.24) is 5.32 Å². The van der Waals surface area contributed by atoms with Crippen LogP contribution in [0.5, 0.6) is 5.75 Å². The standard InChI is InChI=1S/C11H11BrF3NO2/c1-6(2)16-10(17)7-3-8(12)5-9(4-7)18-11(13,14)15/h3-6H,1-2H3,(H,16,17). The number of halogens is 4. The molecule has 7 heteroatoms. The van der Waals surface area contributed by atoms with E-state index < -0.39 is 18.0 Å². The molecule has 0 spiro atoms. The fourth-order valence-electron chi connectivity index (χ4n) is 1.23. The van der Waals surface area contributed by atoms with Crippen LogP contribution in [0.1, 0.15) is 24.2 Å². The van der Waals surface area contributed by atoms with Crippen molar-refractivity contribution in [3.8, 4) is 5.75 Å². The van der Waals surface area contributed by atoms with Crippen LogP contribution in [0.2, 0.25) is 0 Å². The number of hydrogen-bond donors (Lipinski definition) is 1. The average molecular weight is 326 g/mol. The van der Waals surface area contributed by atoms with Crippen molar-refractivity contribution < 1.29 is 22.7 Å². The fraction of sp³-hybridized carbons (Fsp3) is 0.364. The van der Waals surface area contributed by atoms with Gasteiger partial charge in [-0.1, -0.05) is 15.9 Å². The van der Waals surface area contributed by atoms with Crippen molar-refractivity contribution in [2.75, 3.05) is 0 Å². The second-order valence-electron chi connectivity index (χ2n) is 3.85. The van der Waals surface area contributed by atoms with E-state index >= 15 is 0 Å². The third-order valence-electron chi connectivity index (χ3n) is 1.79.